The number of hydrogen-bond donors (Lipinski definition) is 0. The topological polar surface area (TPSA) is 104 Å². The van der Waals surface area contributed by atoms with Crippen molar-refractivity contribution >= 4 is 11.9 Å². The molecule has 1 aliphatic rings. The molecule has 1 fully saturated rings. The molecule has 1 rings (SSSR count). The van der Waals surface area contributed by atoms with Crippen LogP contribution in [0.25, 0.3) is 5.73 Å². The van der Waals surface area contributed by atoms with Gasteiger partial charge in [0.15, 0.2) is 0 Å². The molecule has 0 amide bonds. The molecule has 1 saturated carbocycles. The van der Waals surface area contributed by atoms with E-state index in [9.17, 15) is 0 Å². The summed E-state index contributed by atoms with van der Waals surface area (Å²) < 4.78 is 0. The van der Waals surface area contributed by atoms with Crippen molar-refractivity contribution in [2.45, 2.75) is 46.6 Å². The number of hydrogen-bond acceptors (Lipinski definition) is 4. The summed E-state index contributed by atoms with van der Waals surface area (Å²) in [5.74, 6) is -3.95. The van der Waals surface area contributed by atoms with Crippen LogP contribution in [0.15, 0.2) is 0 Å². The predicted molar refractivity (Wildman–Crippen MR) is 58.9 cm³/mol. The van der Waals surface area contributed by atoms with Crippen molar-refractivity contribution in [3.8, 4) is 0 Å². The molecule has 0 radical (unpaired) electrons. The molecule has 0 aromatic rings. The molecule has 0 aliphatic heterocycles. The third kappa shape index (κ3) is 13.5. The summed E-state index contributed by atoms with van der Waals surface area (Å²) in [6, 6.07) is 0.142. The zero-order valence-corrected chi connectivity index (χ0v) is 10.4. The minimum atomic E-state index is -2.19. The van der Waals surface area contributed by atoms with Crippen LogP contribution in [-0.2, 0) is 30.7 Å². The molecule has 6 heteroatoms. The molecule has 1 aliphatic carbocycles. The molecule has 0 unspecified atom stereocenters. The van der Waals surface area contributed by atoms with Gasteiger partial charge in [-0.1, -0.05) is 40.5 Å². The van der Waals surface area contributed by atoms with Crippen LogP contribution in [0, 0.1) is 12.8 Å². The monoisotopic (exact) mass is 426 g/mol. The van der Waals surface area contributed by atoms with E-state index < -0.39 is 11.9 Å². The van der Waals surface area contributed by atoms with E-state index >= 15 is 0 Å². The van der Waals surface area contributed by atoms with Gasteiger partial charge < -0.3 is 32.5 Å². The maximum absolute atomic E-state index is 8.93. The molecule has 2 atom stereocenters. The zero-order chi connectivity index (χ0) is 11.1. The van der Waals surface area contributed by atoms with Crippen LogP contribution in [0.2, 0.25) is 0 Å². The normalized spacial score (nSPS) is 21.3. The van der Waals surface area contributed by atoms with Crippen molar-refractivity contribution < 1.29 is 40.9 Å². The molecule has 1 N–H and O–H groups in total. The van der Waals surface area contributed by atoms with Gasteiger partial charge in [-0.25, -0.2) is 0 Å². The average Bonchev–Trinajstić information content (AvgIpc) is 2.11. The van der Waals surface area contributed by atoms with Crippen molar-refractivity contribution in [1.82, 2.24) is 0 Å². The molecular weight excluding hydrogens is 405 g/mol. The maximum Gasteiger partial charge on any atom is 2.00 e. The molecule has 0 bridgehead atoms. The van der Waals surface area contributed by atoms with Crippen molar-refractivity contribution in [1.29, 1.82) is 0 Å². The maximum atomic E-state index is 8.93. The van der Waals surface area contributed by atoms with E-state index in [4.69, 9.17) is 25.5 Å². The third-order valence-electron chi connectivity index (χ3n) is 2.08. The Kier molecular flexibility index (Phi) is 20.4. The number of rotatable bonds is 0. The molecule has 0 heterocycles. The summed E-state index contributed by atoms with van der Waals surface area (Å²) >= 11 is 0. The van der Waals surface area contributed by atoms with Gasteiger partial charge in [0.2, 0.25) is 0 Å². The molecule has 5 nitrogen and oxygen atoms in total. The summed E-state index contributed by atoms with van der Waals surface area (Å²) in [6.07, 6.45) is 4.80. The van der Waals surface area contributed by atoms with E-state index in [1.54, 1.807) is 0 Å². The number of carbonyl (C=O) groups is 2. The first-order valence-corrected chi connectivity index (χ1v) is 4.41. The number of nitrogens with one attached hydrogen (secondary N) is 1. The fourth-order valence-corrected chi connectivity index (χ4v) is 1.21. The van der Waals surface area contributed by atoms with E-state index in [2.05, 4.69) is 6.92 Å². The predicted octanol–water partition coefficient (Wildman–Crippen LogP) is 0.187. The van der Waals surface area contributed by atoms with E-state index in [1.165, 1.54) is 19.3 Å². The SMILES string of the molecule is C.C.O=C([O-])C(=O)[O-].[CH2-][C@@H]1CCCC[C@H]1[NH-].[Pt+2]. The summed E-state index contributed by atoms with van der Waals surface area (Å²) in [7, 11) is 0. The minimum absolute atomic E-state index is 0. The standard InChI is InChI=1S/C7H13N.C2H2O4.2CH4.Pt/c1-6-4-2-3-5-7(6)8;3-1(4)2(5)6;;;/h6-8H,1-5H2;(H,3,4)(H,5,6);2*1H4;/q-2;;;;+2/p-2/t6-,7-;;;;/m1..../s1. The quantitative estimate of drug-likeness (QED) is 0.407. The van der Waals surface area contributed by atoms with Crippen molar-refractivity contribution in [2.75, 3.05) is 0 Å². The van der Waals surface area contributed by atoms with Crippen LogP contribution in [0.1, 0.15) is 40.5 Å². The van der Waals surface area contributed by atoms with Crippen LogP contribution in [0.3, 0.4) is 0 Å². The van der Waals surface area contributed by atoms with Crippen LogP contribution >= 0.6 is 0 Å². The molecule has 0 aromatic carbocycles. The van der Waals surface area contributed by atoms with Gasteiger partial charge in [-0.15, -0.1) is 0 Å². The summed E-state index contributed by atoms with van der Waals surface area (Å²) in [4.78, 5) is 17.9. The molecular formula is C11H21NO4Pt-2. The first-order chi connectivity index (χ1) is 6.45. The Morgan fingerprint density at radius 1 is 1.06 bits per heavy atom. The second-order valence-corrected chi connectivity index (χ2v) is 3.23. The summed E-state index contributed by atoms with van der Waals surface area (Å²) in [6.45, 7) is 3.89. The Morgan fingerprint density at radius 2 is 1.41 bits per heavy atom. The van der Waals surface area contributed by atoms with Crippen LogP contribution in [0.4, 0.5) is 0 Å². The first kappa shape index (κ1) is 25.4. The second-order valence-electron chi connectivity index (χ2n) is 3.23. The second kappa shape index (κ2) is 13.7. The van der Waals surface area contributed by atoms with E-state index in [1.807, 2.05) is 0 Å². The first-order valence-electron chi connectivity index (χ1n) is 4.41. The Bertz CT molecular complexity index is 190. The van der Waals surface area contributed by atoms with Gasteiger partial charge in [0.1, 0.15) is 0 Å². The molecule has 0 saturated heterocycles. The smallest absolute Gasteiger partial charge is 0.677 e. The van der Waals surface area contributed by atoms with E-state index in [0.29, 0.717) is 5.92 Å². The van der Waals surface area contributed by atoms with Crippen LogP contribution in [0.5, 0.6) is 0 Å². The summed E-state index contributed by atoms with van der Waals surface area (Å²) in [5.41, 5.74) is 7.42. The van der Waals surface area contributed by atoms with Gasteiger partial charge in [0.05, 0.1) is 11.9 Å². The average molecular weight is 426 g/mol. The largest absolute Gasteiger partial charge is 2.00 e. The van der Waals surface area contributed by atoms with Gasteiger partial charge in [0.25, 0.3) is 0 Å². The van der Waals surface area contributed by atoms with Gasteiger partial charge in [0, 0.05) is 0 Å². The number of carboxylic acid groups (broad SMARTS) is 2. The Balaban J connectivity index is -0.0000000873. The number of carboxylic acids is 2. The van der Waals surface area contributed by atoms with Crippen molar-refractivity contribution in [3.63, 3.8) is 0 Å². The molecule has 17 heavy (non-hydrogen) atoms. The van der Waals surface area contributed by atoms with Crippen molar-refractivity contribution in [2.24, 2.45) is 5.92 Å². The van der Waals surface area contributed by atoms with E-state index in [0.717, 1.165) is 6.42 Å². The van der Waals surface area contributed by atoms with Crippen molar-refractivity contribution in [3.05, 3.63) is 12.7 Å². The number of aliphatic carboxylic acids is 2. The molecule has 106 valence electrons. The third-order valence-corrected chi connectivity index (χ3v) is 2.08. The van der Waals surface area contributed by atoms with Gasteiger partial charge in [-0.2, -0.15) is 12.0 Å². The molecule has 0 spiro atoms. The van der Waals surface area contributed by atoms with Crippen LogP contribution in [-0.4, -0.2) is 18.0 Å². The summed E-state index contributed by atoms with van der Waals surface area (Å²) in [5, 5.41) is 17.9. The number of carbonyl (C=O) groups excluding carboxylic acids is 2. The van der Waals surface area contributed by atoms with Gasteiger partial charge in [-0.3, -0.25) is 0 Å². The molecule has 0 aromatic heterocycles. The van der Waals surface area contributed by atoms with Crippen LogP contribution < -0.4 is 10.2 Å². The Hall–Kier alpha value is -0.412. The minimum Gasteiger partial charge on any atom is -0.677 e. The Labute approximate surface area is 118 Å². The Morgan fingerprint density at radius 3 is 1.59 bits per heavy atom. The fourth-order valence-electron chi connectivity index (χ4n) is 1.21. The van der Waals surface area contributed by atoms with Gasteiger partial charge >= 0.3 is 21.1 Å². The van der Waals surface area contributed by atoms with E-state index in [-0.39, 0.29) is 42.0 Å². The fraction of sp³-hybridized carbons (Fsp3) is 0.727. The van der Waals surface area contributed by atoms with Gasteiger partial charge in [-0.05, 0) is 0 Å². The zero-order valence-electron chi connectivity index (χ0n) is 8.14.